The SMILES string of the molecule is CCC(=O)O/N=C1\Oc2c(ccc3c2c2ccccc2n3CC)C1=O. The summed E-state index contributed by atoms with van der Waals surface area (Å²) in [6, 6.07) is 11.6. The molecule has 0 radical (unpaired) electrons. The fraction of sp³-hybridized carbons (Fsp3) is 0.211. The number of ketones is 1. The lowest BCUT2D eigenvalue weighted by molar-refractivity contribution is -0.143. The number of carbonyl (C=O) groups is 2. The van der Waals surface area contributed by atoms with Crippen molar-refractivity contribution in [2.75, 3.05) is 0 Å². The van der Waals surface area contributed by atoms with Crippen molar-refractivity contribution in [1.29, 1.82) is 0 Å². The van der Waals surface area contributed by atoms with Gasteiger partial charge >= 0.3 is 11.9 Å². The number of hydrogen-bond donors (Lipinski definition) is 0. The van der Waals surface area contributed by atoms with E-state index in [1.165, 1.54) is 0 Å². The second kappa shape index (κ2) is 5.73. The molecule has 0 unspecified atom stereocenters. The number of rotatable bonds is 3. The molecule has 126 valence electrons. The van der Waals surface area contributed by atoms with Gasteiger partial charge in [0.15, 0.2) is 5.75 Å². The van der Waals surface area contributed by atoms with E-state index in [2.05, 4.69) is 16.6 Å². The van der Waals surface area contributed by atoms with Gasteiger partial charge in [-0.1, -0.05) is 25.1 Å². The zero-order chi connectivity index (χ0) is 17.6. The van der Waals surface area contributed by atoms with E-state index in [-0.39, 0.29) is 18.1 Å². The number of Topliss-reactive ketones (excluding diaryl/α,β-unsaturated/α-hetero) is 1. The van der Waals surface area contributed by atoms with E-state index < -0.39 is 5.97 Å². The zero-order valence-corrected chi connectivity index (χ0v) is 13.9. The van der Waals surface area contributed by atoms with Gasteiger partial charge in [0.25, 0.3) is 5.78 Å². The Morgan fingerprint density at radius 2 is 1.96 bits per heavy atom. The first kappa shape index (κ1) is 15.4. The average molecular weight is 336 g/mol. The number of benzene rings is 2. The Hall–Kier alpha value is -3.15. The van der Waals surface area contributed by atoms with Crippen molar-refractivity contribution in [3.63, 3.8) is 0 Å². The minimum atomic E-state index is -0.521. The van der Waals surface area contributed by atoms with Crippen molar-refractivity contribution in [3.05, 3.63) is 42.0 Å². The molecule has 0 saturated carbocycles. The molecule has 0 N–H and O–H groups in total. The number of para-hydroxylation sites is 1. The number of ether oxygens (including phenoxy) is 1. The molecule has 0 atom stereocenters. The van der Waals surface area contributed by atoms with E-state index in [9.17, 15) is 9.59 Å². The van der Waals surface area contributed by atoms with Crippen LogP contribution in [0.4, 0.5) is 0 Å². The fourth-order valence-electron chi connectivity index (χ4n) is 3.21. The van der Waals surface area contributed by atoms with Crippen molar-refractivity contribution < 1.29 is 19.2 Å². The Kier molecular flexibility index (Phi) is 3.53. The van der Waals surface area contributed by atoms with Gasteiger partial charge in [-0.3, -0.25) is 4.79 Å². The van der Waals surface area contributed by atoms with Gasteiger partial charge in [0, 0.05) is 23.9 Å². The zero-order valence-electron chi connectivity index (χ0n) is 13.9. The summed E-state index contributed by atoms with van der Waals surface area (Å²) in [5.41, 5.74) is 2.49. The largest absolute Gasteiger partial charge is 0.432 e. The average Bonchev–Trinajstić information content (AvgIpc) is 3.14. The first-order valence-electron chi connectivity index (χ1n) is 8.20. The van der Waals surface area contributed by atoms with E-state index >= 15 is 0 Å². The van der Waals surface area contributed by atoms with Gasteiger partial charge in [0.05, 0.1) is 16.5 Å². The van der Waals surface area contributed by atoms with Gasteiger partial charge in [-0.25, -0.2) is 4.79 Å². The first-order chi connectivity index (χ1) is 12.2. The molecule has 0 amide bonds. The number of aryl methyl sites for hydroxylation is 1. The molecule has 1 aliphatic heterocycles. The van der Waals surface area contributed by atoms with Crippen LogP contribution in [-0.4, -0.2) is 22.2 Å². The highest BCUT2D eigenvalue weighted by Crippen LogP contribution is 2.40. The van der Waals surface area contributed by atoms with E-state index in [4.69, 9.17) is 9.57 Å². The molecule has 1 aromatic heterocycles. The van der Waals surface area contributed by atoms with E-state index in [0.29, 0.717) is 11.3 Å². The number of oxime groups is 1. The van der Waals surface area contributed by atoms with Gasteiger partial charge in [-0.2, -0.15) is 0 Å². The van der Waals surface area contributed by atoms with Gasteiger partial charge in [-0.05, 0) is 30.3 Å². The standard InChI is InChI=1S/C19H16N2O4/c1-3-15(22)25-20-19-17(23)12-9-10-14-16(18(12)24-19)11-7-5-6-8-13(11)21(14)4-2/h5-10H,3-4H2,1-2H3/b20-19-. The molecular formula is C19H16N2O4. The minimum absolute atomic E-state index is 0.173. The molecule has 25 heavy (non-hydrogen) atoms. The lowest BCUT2D eigenvalue weighted by atomic mass is 10.1. The quantitative estimate of drug-likeness (QED) is 0.541. The summed E-state index contributed by atoms with van der Waals surface area (Å²) in [4.78, 5) is 28.5. The number of hydrogen-bond acceptors (Lipinski definition) is 5. The van der Waals surface area contributed by atoms with Gasteiger partial charge in [0.1, 0.15) is 0 Å². The molecule has 0 bridgehead atoms. The van der Waals surface area contributed by atoms with Crippen molar-refractivity contribution in [3.8, 4) is 5.75 Å². The number of fused-ring (bicyclic) bond motifs is 5. The third-order valence-electron chi connectivity index (χ3n) is 4.36. The topological polar surface area (TPSA) is 69.9 Å². The molecule has 6 nitrogen and oxygen atoms in total. The normalized spacial score (nSPS) is 15.0. The van der Waals surface area contributed by atoms with Gasteiger partial charge in [0.2, 0.25) is 0 Å². The third kappa shape index (κ3) is 2.21. The van der Waals surface area contributed by atoms with Gasteiger partial charge in [-0.15, -0.1) is 0 Å². The molecule has 2 heterocycles. The second-order valence-electron chi connectivity index (χ2n) is 5.74. The lowest BCUT2D eigenvalue weighted by Gasteiger charge is -2.03. The van der Waals surface area contributed by atoms with Crippen LogP contribution in [0.15, 0.2) is 41.6 Å². The molecule has 0 fully saturated rings. The summed E-state index contributed by atoms with van der Waals surface area (Å²) in [5.74, 6) is -0.642. The van der Waals surface area contributed by atoms with Crippen LogP contribution in [0.1, 0.15) is 30.6 Å². The predicted octanol–water partition coefficient (Wildman–Crippen LogP) is 3.66. The maximum atomic E-state index is 12.5. The summed E-state index contributed by atoms with van der Waals surface area (Å²) >= 11 is 0. The number of aromatic nitrogens is 1. The van der Waals surface area contributed by atoms with Crippen molar-refractivity contribution in [2.24, 2.45) is 5.16 Å². The molecule has 4 rings (SSSR count). The number of nitrogens with zero attached hydrogens (tertiary/aromatic N) is 2. The maximum Gasteiger partial charge on any atom is 0.334 e. The van der Waals surface area contributed by atoms with Gasteiger partial charge < -0.3 is 14.1 Å². The van der Waals surface area contributed by atoms with E-state index in [1.807, 2.05) is 30.3 Å². The summed E-state index contributed by atoms with van der Waals surface area (Å²) in [6.45, 7) is 4.52. The molecule has 0 saturated heterocycles. The second-order valence-corrected chi connectivity index (χ2v) is 5.74. The molecule has 2 aromatic carbocycles. The molecule has 0 aliphatic carbocycles. The van der Waals surface area contributed by atoms with E-state index in [1.54, 1.807) is 13.0 Å². The Balaban J connectivity index is 1.92. The molecule has 1 aliphatic rings. The van der Waals surface area contributed by atoms with Crippen molar-refractivity contribution in [2.45, 2.75) is 26.8 Å². The van der Waals surface area contributed by atoms with Crippen LogP contribution < -0.4 is 4.74 Å². The summed E-state index contributed by atoms with van der Waals surface area (Å²) in [5, 5.41) is 5.47. The van der Waals surface area contributed by atoms with Crippen molar-refractivity contribution >= 4 is 39.5 Å². The highest BCUT2D eigenvalue weighted by Gasteiger charge is 2.33. The van der Waals surface area contributed by atoms with Crippen molar-refractivity contribution in [1.82, 2.24) is 4.57 Å². The van der Waals surface area contributed by atoms with Crippen LogP contribution in [-0.2, 0) is 16.2 Å². The fourth-order valence-corrected chi connectivity index (χ4v) is 3.21. The monoisotopic (exact) mass is 336 g/mol. The lowest BCUT2D eigenvalue weighted by Crippen LogP contribution is -2.14. The Bertz CT molecular complexity index is 1060. The van der Waals surface area contributed by atoms with Crippen LogP contribution in [0.2, 0.25) is 0 Å². The van der Waals surface area contributed by atoms with Crippen LogP contribution >= 0.6 is 0 Å². The molecular weight excluding hydrogens is 320 g/mol. The minimum Gasteiger partial charge on any atom is -0.432 e. The summed E-state index contributed by atoms with van der Waals surface area (Å²) in [6.07, 6.45) is 0.173. The van der Waals surface area contributed by atoms with Crippen LogP contribution in [0.5, 0.6) is 5.75 Å². The number of carbonyl (C=O) groups excluding carboxylic acids is 2. The maximum absolute atomic E-state index is 12.5. The Labute approximate surface area is 143 Å². The van der Waals surface area contributed by atoms with Crippen LogP contribution in [0.3, 0.4) is 0 Å². The molecule has 0 spiro atoms. The van der Waals surface area contributed by atoms with Crippen LogP contribution in [0, 0.1) is 0 Å². The van der Waals surface area contributed by atoms with E-state index in [0.717, 1.165) is 28.4 Å². The summed E-state index contributed by atoms with van der Waals surface area (Å²) < 4.78 is 7.87. The molecule has 6 heteroatoms. The first-order valence-corrected chi connectivity index (χ1v) is 8.20. The highest BCUT2D eigenvalue weighted by atomic mass is 16.7. The van der Waals surface area contributed by atoms with Crippen LogP contribution in [0.25, 0.3) is 21.8 Å². The summed E-state index contributed by atoms with van der Waals surface area (Å²) in [7, 11) is 0. The Morgan fingerprint density at radius 3 is 2.72 bits per heavy atom. The molecule has 3 aromatic rings. The third-order valence-corrected chi connectivity index (χ3v) is 4.36. The smallest absolute Gasteiger partial charge is 0.334 e. The highest BCUT2D eigenvalue weighted by molar-refractivity contribution is 6.47. The Morgan fingerprint density at radius 1 is 1.16 bits per heavy atom. The predicted molar refractivity (Wildman–Crippen MR) is 93.9 cm³/mol.